The summed E-state index contributed by atoms with van der Waals surface area (Å²) in [6.45, 7) is 7.56. The molecule has 0 aliphatic carbocycles. The van der Waals surface area contributed by atoms with E-state index in [1.807, 2.05) is 43.5 Å². The topological polar surface area (TPSA) is 197 Å². The third-order valence-corrected chi connectivity index (χ3v) is 8.02. The second kappa shape index (κ2) is 14.3. The normalized spacial score (nSPS) is 12.2. The number of nitrogen functional groups attached to an aromatic ring is 2. The number of phenols is 1. The highest BCUT2D eigenvalue weighted by molar-refractivity contribution is 7.88. The number of aromatic nitrogens is 3. The van der Waals surface area contributed by atoms with E-state index in [2.05, 4.69) is 15.0 Å². The number of hydrogen-bond acceptors (Lipinski definition) is 10. The van der Waals surface area contributed by atoms with Crippen molar-refractivity contribution in [3.8, 4) is 11.5 Å². The highest BCUT2D eigenvalue weighted by Gasteiger charge is 2.27. The van der Waals surface area contributed by atoms with Crippen LogP contribution >= 0.6 is 0 Å². The van der Waals surface area contributed by atoms with Crippen molar-refractivity contribution in [2.75, 3.05) is 37.5 Å². The second-order valence-electron chi connectivity index (χ2n) is 11.7. The van der Waals surface area contributed by atoms with Crippen molar-refractivity contribution in [2.24, 2.45) is 0 Å². The summed E-state index contributed by atoms with van der Waals surface area (Å²) in [6.07, 6.45) is 4.59. The van der Waals surface area contributed by atoms with Gasteiger partial charge >= 0.3 is 0 Å². The number of sulfonamides is 1. The first-order chi connectivity index (χ1) is 21.3. The number of unbranched alkanes of at least 4 members (excludes halogenated alkanes) is 3. The molecule has 0 saturated carbocycles. The van der Waals surface area contributed by atoms with Gasteiger partial charge in [-0.3, -0.25) is 4.79 Å². The molecule has 0 fully saturated rings. The Balaban J connectivity index is 1.38. The molecular weight excluding hydrogens is 598 g/mol. The van der Waals surface area contributed by atoms with E-state index in [4.69, 9.17) is 25.9 Å². The molecule has 0 saturated heterocycles. The van der Waals surface area contributed by atoms with Crippen LogP contribution in [0.5, 0.6) is 11.5 Å². The summed E-state index contributed by atoms with van der Waals surface area (Å²) in [5.41, 5.74) is 13.7. The third kappa shape index (κ3) is 8.96. The highest BCUT2D eigenvalue weighted by Crippen LogP contribution is 2.32. The number of rotatable bonds is 16. The van der Waals surface area contributed by atoms with Crippen LogP contribution in [-0.2, 0) is 27.9 Å². The van der Waals surface area contributed by atoms with Crippen LogP contribution in [0.3, 0.4) is 0 Å². The lowest BCUT2D eigenvalue weighted by Gasteiger charge is -2.27. The van der Waals surface area contributed by atoms with Gasteiger partial charge in [0.2, 0.25) is 10.0 Å². The van der Waals surface area contributed by atoms with Crippen LogP contribution < -0.4 is 26.2 Å². The van der Waals surface area contributed by atoms with Gasteiger partial charge in [-0.05, 0) is 57.9 Å². The zero-order valence-electron chi connectivity index (χ0n) is 26.2. The summed E-state index contributed by atoms with van der Waals surface area (Å²) in [4.78, 5) is 21.6. The first kappa shape index (κ1) is 33.7. The van der Waals surface area contributed by atoms with Crippen molar-refractivity contribution in [1.29, 1.82) is 0 Å². The third-order valence-electron chi connectivity index (χ3n) is 7.10. The Morgan fingerprint density at radius 1 is 1.07 bits per heavy atom. The van der Waals surface area contributed by atoms with Crippen LogP contribution in [0, 0.1) is 0 Å². The summed E-state index contributed by atoms with van der Waals surface area (Å²) in [6, 6.07) is 10.1. The van der Waals surface area contributed by atoms with Gasteiger partial charge in [0.15, 0.2) is 5.82 Å². The van der Waals surface area contributed by atoms with Gasteiger partial charge < -0.3 is 35.9 Å². The number of fused-ring (bicyclic) bond motifs is 3. The number of anilines is 2. The van der Waals surface area contributed by atoms with Crippen LogP contribution in [0.25, 0.3) is 21.9 Å². The van der Waals surface area contributed by atoms with Crippen molar-refractivity contribution >= 4 is 49.4 Å². The Morgan fingerprint density at radius 3 is 2.53 bits per heavy atom. The van der Waals surface area contributed by atoms with Gasteiger partial charge in [-0.1, -0.05) is 12.8 Å². The van der Waals surface area contributed by atoms with Gasteiger partial charge in [-0.2, -0.15) is 0 Å². The summed E-state index contributed by atoms with van der Waals surface area (Å²) in [5.74, 6) is 1.08. The molecule has 2 aromatic carbocycles. The number of pyridine rings is 1. The number of ether oxygens (including phenoxy) is 2. The quantitative estimate of drug-likeness (QED) is 0.0889. The van der Waals surface area contributed by atoms with Gasteiger partial charge in [0.25, 0.3) is 5.91 Å². The number of carbonyl (C=O) groups excluding carboxylic acids is 1. The molecule has 2 aromatic heterocycles. The number of amides is 1. The minimum Gasteiger partial charge on any atom is -0.507 e. The van der Waals surface area contributed by atoms with Crippen LogP contribution in [0.2, 0.25) is 0 Å². The first-order valence-electron chi connectivity index (χ1n) is 14.9. The predicted molar refractivity (Wildman–Crippen MR) is 176 cm³/mol. The molecule has 13 nitrogen and oxygen atoms in total. The number of aromatic hydroxyl groups is 1. The molecule has 0 spiro atoms. The predicted octanol–water partition coefficient (Wildman–Crippen LogP) is 3.69. The molecule has 0 unspecified atom stereocenters. The van der Waals surface area contributed by atoms with E-state index >= 15 is 0 Å². The van der Waals surface area contributed by atoms with Gasteiger partial charge in [-0.25, -0.2) is 23.1 Å². The lowest BCUT2D eigenvalue weighted by Crippen LogP contribution is -2.46. The van der Waals surface area contributed by atoms with Crippen molar-refractivity contribution in [3.63, 3.8) is 0 Å². The van der Waals surface area contributed by atoms with Crippen molar-refractivity contribution in [1.82, 2.24) is 24.6 Å². The molecule has 0 atom stereocenters. The SMILES string of the molecule is CCOCc1nc2c(N)nc3cc(OCCCCCCNC(=O)c4ccc(N)cc4O)ccc3c2n1CC(C)(C)NS(C)(=O)=O. The first-order valence-corrected chi connectivity index (χ1v) is 16.8. The second-order valence-corrected chi connectivity index (χ2v) is 13.4. The fourth-order valence-electron chi connectivity index (χ4n) is 5.24. The van der Waals surface area contributed by atoms with Crippen molar-refractivity contribution in [3.05, 3.63) is 47.8 Å². The smallest absolute Gasteiger partial charge is 0.255 e. The molecule has 244 valence electrons. The molecule has 0 bridgehead atoms. The lowest BCUT2D eigenvalue weighted by molar-refractivity contribution is 0.0950. The number of nitrogens with one attached hydrogen (secondary N) is 2. The minimum atomic E-state index is -3.46. The van der Waals surface area contributed by atoms with Crippen molar-refractivity contribution < 1.29 is 27.8 Å². The Morgan fingerprint density at radius 2 is 1.82 bits per heavy atom. The van der Waals surface area contributed by atoms with Crippen LogP contribution in [-0.4, -0.2) is 65.5 Å². The molecule has 4 aromatic rings. The number of phenolic OH excluding ortho intramolecular Hbond substituents is 1. The summed E-state index contributed by atoms with van der Waals surface area (Å²) in [5, 5.41) is 13.5. The maximum atomic E-state index is 12.2. The summed E-state index contributed by atoms with van der Waals surface area (Å²) < 4.78 is 40.4. The molecule has 0 aliphatic heterocycles. The monoisotopic (exact) mass is 641 g/mol. The largest absolute Gasteiger partial charge is 0.507 e. The number of benzene rings is 2. The van der Waals surface area contributed by atoms with E-state index in [1.54, 1.807) is 6.07 Å². The average molecular weight is 642 g/mol. The number of hydrogen-bond donors (Lipinski definition) is 5. The Kier molecular flexibility index (Phi) is 10.7. The van der Waals surface area contributed by atoms with Gasteiger partial charge in [-0.15, -0.1) is 0 Å². The van der Waals surface area contributed by atoms with Gasteiger partial charge in [0.05, 0.1) is 29.5 Å². The van der Waals surface area contributed by atoms with Crippen LogP contribution in [0.4, 0.5) is 11.5 Å². The van der Waals surface area contributed by atoms with E-state index in [9.17, 15) is 18.3 Å². The Hall–Kier alpha value is -4.14. The fourth-order valence-corrected chi connectivity index (χ4v) is 6.31. The van der Waals surface area contributed by atoms with Gasteiger partial charge in [0, 0.05) is 48.4 Å². The Bertz CT molecular complexity index is 1770. The zero-order chi connectivity index (χ0) is 32.8. The Labute approximate surface area is 263 Å². The number of nitrogens with two attached hydrogens (primary N) is 2. The van der Waals surface area contributed by atoms with E-state index in [0.717, 1.165) is 42.8 Å². The van der Waals surface area contributed by atoms with E-state index in [1.165, 1.54) is 12.1 Å². The molecule has 2 heterocycles. The molecule has 0 radical (unpaired) electrons. The van der Waals surface area contributed by atoms with Gasteiger partial charge in [0.1, 0.15) is 29.4 Å². The van der Waals surface area contributed by atoms with Crippen LogP contribution in [0.15, 0.2) is 36.4 Å². The van der Waals surface area contributed by atoms with E-state index < -0.39 is 15.6 Å². The maximum absolute atomic E-state index is 12.2. The fraction of sp³-hybridized carbons (Fsp3) is 0.452. The molecule has 4 rings (SSSR count). The van der Waals surface area contributed by atoms with E-state index in [0.29, 0.717) is 54.6 Å². The molecule has 0 aliphatic rings. The zero-order valence-corrected chi connectivity index (χ0v) is 27.0. The summed E-state index contributed by atoms with van der Waals surface area (Å²) >= 11 is 0. The number of nitrogens with zero attached hydrogens (tertiary/aromatic N) is 3. The number of carbonyl (C=O) groups is 1. The van der Waals surface area contributed by atoms with E-state index in [-0.39, 0.29) is 29.6 Å². The summed E-state index contributed by atoms with van der Waals surface area (Å²) in [7, 11) is -3.46. The number of imidazole rings is 1. The molecule has 7 N–H and O–H groups in total. The highest BCUT2D eigenvalue weighted by atomic mass is 32.2. The molecule has 45 heavy (non-hydrogen) atoms. The minimum absolute atomic E-state index is 0.136. The molecular formula is C31H43N7O6S. The molecule has 14 heteroatoms. The standard InChI is InChI=1S/C31H43N7O6S/c1-5-43-18-26-36-27-28(38(26)19-31(2,3)37-45(4,41)42)22-13-11-21(17-24(22)35-29(27)33)44-15-9-7-6-8-14-34-30(40)23-12-10-20(32)16-25(23)39/h10-13,16-17,37,39H,5-9,14-15,18-19,32H2,1-4H3,(H2,33,35)(H,34,40). The van der Waals surface area contributed by atoms with Crippen molar-refractivity contribution in [2.45, 2.75) is 65.1 Å². The average Bonchev–Trinajstić information content (AvgIpc) is 3.29. The lowest BCUT2D eigenvalue weighted by atomic mass is 10.1. The molecule has 1 amide bonds. The maximum Gasteiger partial charge on any atom is 0.255 e. The van der Waals surface area contributed by atoms with Crippen LogP contribution in [0.1, 0.15) is 62.6 Å².